The molecular formula is C8H14ClNO. The van der Waals surface area contributed by atoms with Crippen molar-refractivity contribution in [3.05, 3.63) is 0 Å². The summed E-state index contributed by atoms with van der Waals surface area (Å²) in [6.07, 6.45) is 3.01. The first-order valence-corrected chi connectivity index (χ1v) is 4.62. The maximum absolute atomic E-state index is 11.4. The summed E-state index contributed by atoms with van der Waals surface area (Å²) in [5.74, 6) is 0.117. The van der Waals surface area contributed by atoms with Crippen LogP contribution in [0.3, 0.4) is 0 Å². The maximum atomic E-state index is 11.4. The van der Waals surface area contributed by atoms with Gasteiger partial charge < -0.3 is 4.90 Å². The van der Waals surface area contributed by atoms with Gasteiger partial charge in [-0.3, -0.25) is 4.79 Å². The van der Waals surface area contributed by atoms with Gasteiger partial charge in [0.1, 0.15) is 5.38 Å². The van der Waals surface area contributed by atoms with Crippen LogP contribution in [-0.2, 0) is 4.79 Å². The van der Waals surface area contributed by atoms with Gasteiger partial charge in [0.2, 0.25) is 5.91 Å². The average Bonchev–Trinajstić information content (AvgIpc) is 2.53. The van der Waals surface area contributed by atoms with Crippen molar-refractivity contribution in [3.8, 4) is 0 Å². The number of hydrogen-bond donors (Lipinski definition) is 0. The lowest BCUT2D eigenvalue weighted by molar-refractivity contribution is -0.129. The van der Waals surface area contributed by atoms with E-state index in [0.29, 0.717) is 0 Å². The lowest BCUT2D eigenvalue weighted by Crippen LogP contribution is -2.34. The van der Waals surface area contributed by atoms with Gasteiger partial charge in [-0.05, 0) is 19.3 Å². The molecule has 1 rings (SSSR count). The van der Waals surface area contributed by atoms with Crippen LogP contribution in [0.15, 0.2) is 0 Å². The summed E-state index contributed by atoms with van der Waals surface area (Å²) in [7, 11) is 0. The van der Waals surface area contributed by atoms with Crippen molar-refractivity contribution in [2.45, 2.75) is 31.6 Å². The number of halogens is 1. The van der Waals surface area contributed by atoms with Crippen molar-refractivity contribution in [1.82, 2.24) is 4.90 Å². The first-order chi connectivity index (χ1) is 5.25. The fourth-order valence-electron chi connectivity index (χ4n) is 1.31. The van der Waals surface area contributed by atoms with Gasteiger partial charge in [-0.25, -0.2) is 0 Å². The summed E-state index contributed by atoms with van der Waals surface area (Å²) in [4.78, 5) is 13.2. The molecule has 0 aromatic rings. The van der Waals surface area contributed by atoms with Gasteiger partial charge in [-0.2, -0.15) is 0 Å². The first-order valence-electron chi connectivity index (χ1n) is 4.18. The van der Waals surface area contributed by atoms with Crippen LogP contribution in [0.25, 0.3) is 0 Å². The molecule has 0 aromatic heterocycles. The standard InChI is InChI=1S/C8H14ClNO/c1-2-7(9)8(11)10-5-3-4-6-10/h7H,2-6H2,1H3. The Labute approximate surface area is 72.5 Å². The molecule has 0 radical (unpaired) electrons. The Bertz CT molecular complexity index is 143. The van der Waals surface area contributed by atoms with Crippen LogP contribution in [0.2, 0.25) is 0 Å². The van der Waals surface area contributed by atoms with Crippen molar-refractivity contribution < 1.29 is 4.79 Å². The Morgan fingerprint density at radius 3 is 2.55 bits per heavy atom. The van der Waals surface area contributed by atoms with Crippen LogP contribution in [0.5, 0.6) is 0 Å². The minimum atomic E-state index is -0.298. The molecule has 1 aliphatic heterocycles. The Morgan fingerprint density at radius 1 is 1.55 bits per heavy atom. The van der Waals surface area contributed by atoms with E-state index < -0.39 is 0 Å². The lowest BCUT2D eigenvalue weighted by Gasteiger charge is -2.17. The summed E-state index contributed by atoms with van der Waals surface area (Å²) in [6.45, 7) is 3.75. The fraction of sp³-hybridized carbons (Fsp3) is 0.875. The van der Waals surface area contributed by atoms with E-state index in [1.807, 2.05) is 11.8 Å². The number of carbonyl (C=O) groups is 1. The van der Waals surface area contributed by atoms with Crippen molar-refractivity contribution in [2.24, 2.45) is 0 Å². The monoisotopic (exact) mass is 175 g/mol. The summed E-state index contributed by atoms with van der Waals surface area (Å²) in [6, 6.07) is 0. The third-order valence-corrected chi connectivity index (χ3v) is 2.54. The number of hydrogen-bond acceptors (Lipinski definition) is 1. The van der Waals surface area contributed by atoms with Crippen LogP contribution >= 0.6 is 11.6 Å². The molecule has 0 spiro atoms. The van der Waals surface area contributed by atoms with Crippen LogP contribution in [-0.4, -0.2) is 29.3 Å². The Kier molecular flexibility index (Phi) is 3.18. The van der Waals surface area contributed by atoms with Gasteiger partial charge in [0.15, 0.2) is 0 Å². The van der Waals surface area contributed by atoms with Crippen molar-refractivity contribution in [1.29, 1.82) is 0 Å². The maximum Gasteiger partial charge on any atom is 0.240 e. The van der Waals surface area contributed by atoms with Gasteiger partial charge in [-0.15, -0.1) is 11.6 Å². The number of likely N-dealkylation sites (tertiary alicyclic amines) is 1. The second-order valence-electron chi connectivity index (χ2n) is 2.91. The quantitative estimate of drug-likeness (QED) is 0.585. The molecule has 3 heteroatoms. The molecule has 64 valence electrons. The molecule has 11 heavy (non-hydrogen) atoms. The molecular weight excluding hydrogens is 162 g/mol. The highest BCUT2D eigenvalue weighted by molar-refractivity contribution is 6.30. The smallest absolute Gasteiger partial charge is 0.240 e. The molecule has 0 saturated carbocycles. The van der Waals surface area contributed by atoms with E-state index in [-0.39, 0.29) is 11.3 Å². The third kappa shape index (κ3) is 2.09. The third-order valence-electron chi connectivity index (χ3n) is 2.04. The molecule has 1 amide bonds. The molecule has 1 unspecified atom stereocenters. The molecule has 0 aliphatic carbocycles. The molecule has 0 bridgehead atoms. The predicted octanol–water partition coefficient (Wildman–Crippen LogP) is 1.63. The van der Waals surface area contributed by atoms with Gasteiger partial charge >= 0.3 is 0 Å². The number of nitrogens with zero attached hydrogens (tertiary/aromatic N) is 1. The van der Waals surface area contributed by atoms with Crippen molar-refractivity contribution in [2.75, 3.05) is 13.1 Å². The Balaban J connectivity index is 2.39. The summed E-state index contributed by atoms with van der Waals surface area (Å²) in [5.41, 5.74) is 0. The van der Waals surface area contributed by atoms with E-state index in [2.05, 4.69) is 0 Å². The zero-order chi connectivity index (χ0) is 8.27. The van der Waals surface area contributed by atoms with Gasteiger partial charge in [-0.1, -0.05) is 6.92 Å². The van der Waals surface area contributed by atoms with Crippen molar-refractivity contribution in [3.63, 3.8) is 0 Å². The number of alkyl halides is 1. The Hall–Kier alpha value is -0.240. The zero-order valence-electron chi connectivity index (χ0n) is 6.85. The predicted molar refractivity (Wildman–Crippen MR) is 45.7 cm³/mol. The average molecular weight is 176 g/mol. The lowest BCUT2D eigenvalue weighted by atomic mass is 10.3. The van der Waals surface area contributed by atoms with Gasteiger partial charge in [0.25, 0.3) is 0 Å². The van der Waals surface area contributed by atoms with E-state index in [9.17, 15) is 4.79 Å². The SMILES string of the molecule is CCC(Cl)C(=O)N1CCCC1. The molecule has 1 saturated heterocycles. The summed E-state index contributed by atoms with van der Waals surface area (Å²) in [5, 5.41) is -0.298. The second-order valence-corrected chi connectivity index (χ2v) is 3.44. The highest BCUT2D eigenvalue weighted by Crippen LogP contribution is 2.13. The van der Waals surface area contributed by atoms with Crippen LogP contribution in [0.1, 0.15) is 26.2 Å². The van der Waals surface area contributed by atoms with Gasteiger partial charge in [0, 0.05) is 13.1 Å². The number of amides is 1. The topological polar surface area (TPSA) is 20.3 Å². The normalized spacial score (nSPS) is 20.4. The van der Waals surface area contributed by atoms with Crippen molar-refractivity contribution >= 4 is 17.5 Å². The molecule has 1 atom stereocenters. The molecule has 1 aliphatic rings. The minimum absolute atomic E-state index is 0.117. The largest absolute Gasteiger partial charge is 0.341 e. The molecule has 0 N–H and O–H groups in total. The fourth-order valence-corrected chi connectivity index (χ4v) is 1.45. The molecule has 2 nitrogen and oxygen atoms in total. The highest BCUT2D eigenvalue weighted by atomic mass is 35.5. The van der Waals surface area contributed by atoms with E-state index in [1.165, 1.54) is 0 Å². The van der Waals surface area contributed by atoms with E-state index in [1.54, 1.807) is 0 Å². The minimum Gasteiger partial charge on any atom is -0.341 e. The van der Waals surface area contributed by atoms with Gasteiger partial charge in [0.05, 0.1) is 0 Å². The molecule has 0 aromatic carbocycles. The van der Waals surface area contributed by atoms with Crippen LogP contribution < -0.4 is 0 Å². The first kappa shape index (κ1) is 8.85. The molecule has 1 fully saturated rings. The van der Waals surface area contributed by atoms with E-state index >= 15 is 0 Å². The highest BCUT2D eigenvalue weighted by Gasteiger charge is 2.22. The van der Waals surface area contributed by atoms with Crippen LogP contribution in [0, 0.1) is 0 Å². The Morgan fingerprint density at radius 2 is 2.09 bits per heavy atom. The van der Waals surface area contributed by atoms with Crippen LogP contribution in [0.4, 0.5) is 0 Å². The number of rotatable bonds is 2. The zero-order valence-corrected chi connectivity index (χ0v) is 7.60. The second kappa shape index (κ2) is 3.96. The number of carbonyl (C=O) groups excluding carboxylic acids is 1. The summed E-state index contributed by atoms with van der Waals surface area (Å²) >= 11 is 5.80. The van der Waals surface area contributed by atoms with E-state index in [4.69, 9.17) is 11.6 Å². The summed E-state index contributed by atoms with van der Waals surface area (Å²) < 4.78 is 0. The molecule has 1 heterocycles. The van der Waals surface area contributed by atoms with E-state index in [0.717, 1.165) is 32.4 Å².